The number of nitrogens with one attached hydrogen (secondary N) is 1. The SMILES string of the molecule is Cc1ccc(/N=C2/NC(=O)C(Cc3cccc(C(F)(F)F)c3)S2(=O)=O)cc1. The molecule has 1 N–H and O–H groups in total. The molecule has 5 nitrogen and oxygen atoms in total. The summed E-state index contributed by atoms with van der Waals surface area (Å²) in [4.78, 5) is 16.1. The number of carbonyl (C=O) groups is 1. The lowest BCUT2D eigenvalue weighted by atomic mass is 10.1. The van der Waals surface area contributed by atoms with Crippen LogP contribution >= 0.6 is 0 Å². The van der Waals surface area contributed by atoms with Crippen molar-refractivity contribution in [2.45, 2.75) is 24.8 Å². The first-order valence-corrected chi connectivity index (χ1v) is 9.48. The summed E-state index contributed by atoms with van der Waals surface area (Å²) in [6.45, 7) is 1.86. The van der Waals surface area contributed by atoms with E-state index in [4.69, 9.17) is 0 Å². The highest BCUT2D eigenvalue weighted by molar-refractivity contribution is 8.08. The summed E-state index contributed by atoms with van der Waals surface area (Å²) in [5.41, 5.74) is 0.508. The molecule has 0 spiro atoms. The number of halogens is 3. The molecule has 1 amide bonds. The van der Waals surface area contributed by atoms with Crippen LogP contribution in [0.15, 0.2) is 53.5 Å². The van der Waals surface area contributed by atoms with Gasteiger partial charge in [-0.3, -0.25) is 10.1 Å². The Morgan fingerprint density at radius 2 is 1.78 bits per heavy atom. The highest BCUT2D eigenvalue weighted by Crippen LogP contribution is 2.30. The van der Waals surface area contributed by atoms with Crippen LogP contribution in [0.25, 0.3) is 0 Å². The van der Waals surface area contributed by atoms with Gasteiger partial charge in [0, 0.05) is 0 Å². The molecule has 1 fully saturated rings. The van der Waals surface area contributed by atoms with Gasteiger partial charge in [0.25, 0.3) is 0 Å². The average Bonchev–Trinajstić information content (AvgIpc) is 2.79. The summed E-state index contributed by atoms with van der Waals surface area (Å²) in [5, 5.41) is 0.208. The van der Waals surface area contributed by atoms with Gasteiger partial charge in [-0.25, -0.2) is 13.4 Å². The second kappa shape index (κ2) is 6.80. The van der Waals surface area contributed by atoms with Crippen molar-refractivity contribution in [3.63, 3.8) is 0 Å². The van der Waals surface area contributed by atoms with Crippen molar-refractivity contribution in [2.75, 3.05) is 0 Å². The van der Waals surface area contributed by atoms with Crippen molar-refractivity contribution in [2.24, 2.45) is 4.99 Å². The fourth-order valence-corrected chi connectivity index (χ4v) is 4.15. The Morgan fingerprint density at radius 3 is 2.41 bits per heavy atom. The van der Waals surface area contributed by atoms with E-state index in [1.165, 1.54) is 12.1 Å². The predicted molar refractivity (Wildman–Crippen MR) is 94.3 cm³/mol. The standard InChI is InChI=1S/C18H15F3N2O3S/c1-11-5-7-14(8-6-11)22-17-23-16(24)15(27(17,25)26)10-12-3-2-4-13(9-12)18(19,20)21/h2-9,15H,10H2,1H3,(H,22,23,24). The number of amidine groups is 1. The van der Waals surface area contributed by atoms with Crippen LogP contribution in [0.1, 0.15) is 16.7 Å². The van der Waals surface area contributed by atoms with Crippen LogP contribution in [0.5, 0.6) is 0 Å². The van der Waals surface area contributed by atoms with Gasteiger partial charge >= 0.3 is 6.18 Å². The number of hydrogen-bond acceptors (Lipinski definition) is 4. The molecule has 0 saturated carbocycles. The van der Waals surface area contributed by atoms with E-state index in [1.54, 1.807) is 24.3 Å². The van der Waals surface area contributed by atoms with Gasteiger partial charge in [-0.2, -0.15) is 13.2 Å². The van der Waals surface area contributed by atoms with Crippen LogP contribution in [0, 0.1) is 6.92 Å². The zero-order valence-electron chi connectivity index (χ0n) is 14.1. The van der Waals surface area contributed by atoms with E-state index in [0.29, 0.717) is 5.69 Å². The minimum atomic E-state index is -4.55. The fourth-order valence-electron chi connectivity index (χ4n) is 2.65. The number of aliphatic imine (C=N–C) groups is 1. The molecule has 1 heterocycles. The number of carbonyl (C=O) groups excluding carboxylic acids is 1. The number of nitrogens with zero attached hydrogens (tertiary/aromatic N) is 1. The van der Waals surface area contributed by atoms with Gasteiger partial charge in [0.1, 0.15) is 0 Å². The fraction of sp³-hybridized carbons (Fsp3) is 0.222. The minimum absolute atomic E-state index is 0.102. The van der Waals surface area contributed by atoms with E-state index in [9.17, 15) is 26.4 Å². The molecular formula is C18H15F3N2O3S. The molecule has 0 aliphatic carbocycles. The van der Waals surface area contributed by atoms with E-state index < -0.39 is 37.9 Å². The van der Waals surface area contributed by atoms with Crippen molar-refractivity contribution >= 4 is 26.6 Å². The van der Waals surface area contributed by atoms with Crippen LogP contribution in [-0.2, 0) is 27.2 Å². The maximum atomic E-state index is 12.8. The summed E-state index contributed by atoms with van der Waals surface area (Å²) in [6, 6.07) is 10.9. The molecule has 3 rings (SSSR count). The Labute approximate surface area is 153 Å². The lowest BCUT2D eigenvalue weighted by molar-refractivity contribution is -0.137. The Balaban J connectivity index is 1.89. The van der Waals surface area contributed by atoms with Crippen molar-refractivity contribution in [1.29, 1.82) is 0 Å². The quantitative estimate of drug-likeness (QED) is 0.866. The van der Waals surface area contributed by atoms with Crippen LogP contribution in [-0.4, -0.2) is 24.7 Å². The van der Waals surface area contributed by atoms with E-state index in [-0.39, 0.29) is 12.0 Å². The Morgan fingerprint density at radius 1 is 1.11 bits per heavy atom. The number of amides is 1. The number of rotatable bonds is 3. The number of benzene rings is 2. The molecule has 1 unspecified atom stereocenters. The number of alkyl halides is 3. The van der Waals surface area contributed by atoms with E-state index in [0.717, 1.165) is 17.7 Å². The zero-order valence-corrected chi connectivity index (χ0v) is 14.9. The Bertz CT molecular complexity index is 1010. The molecule has 142 valence electrons. The van der Waals surface area contributed by atoms with Crippen molar-refractivity contribution < 1.29 is 26.4 Å². The van der Waals surface area contributed by atoms with Crippen LogP contribution < -0.4 is 5.32 Å². The first-order valence-electron chi connectivity index (χ1n) is 7.93. The van der Waals surface area contributed by atoms with Gasteiger partial charge < -0.3 is 0 Å². The molecule has 1 aliphatic heterocycles. The lowest BCUT2D eigenvalue weighted by Crippen LogP contribution is -2.27. The lowest BCUT2D eigenvalue weighted by Gasteiger charge is -2.10. The molecule has 27 heavy (non-hydrogen) atoms. The number of aryl methyl sites for hydroxylation is 1. The molecule has 2 aromatic rings. The van der Waals surface area contributed by atoms with Gasteiger partial charge in [0.2, 0.25) is 20.9 Å². The van der Waals surface area contributed by atoms with Crippen molar-refractivity contribution in [1.82, 2.24) is 5.32 Å². The second-order valence-corrected chi connectivity index (χ2v) is 8.22. The predicted octanol–water partition coefficient (Wildman–Crippen LogP) is 3.16. The summed E-state index contributed by atoms with van der Waals surface area (Å²) >= 11 is 0. The topological polar surface area (TPSA) is 75.6 Å². The summed E-state index contributed by atoms with van der Waals surface area (Å²) in [5.74, 6) is -0.807. The van der Waals surface area contributed by atoms with E-state index in [2.05, 4.69) is 10.3 Å². The monoisotopic (exact) mass is 396 g/mol. The van der Waals surface area contributed by atoms with Gasteiger partial charge in [-0.05, 0) is 37.1 Å². The van der Waals surface area contributed by atoms with E-state index >= 15 is 0 Å². The van der Waals surface area contributed by atoms with Crippen LogP contribution in [0.3, 0.4) is 0 Å². The van der Waals surface area contributed by atoms with Gasteiger partial charge in [-0.1, -0.05) is 35.9 Å². The first kappa shape index (κ1) is 19.1. The molecule has 0 radical (unpaired) electrons. The van der Waals surface area contributed by atoms with E-state index in [1.807, 2.05) is 6.92 Å². The molecule has 0 bridgehead atoms. The number of hydrogen-bond donors (Lipinski definition) is 1. The number of sulfone groups is 1. The molecule has 9 heteroatoms. The molecule has 1 aliphatic rings. The molecule has 2 aromatic carbocycles. The first-order chi connectivity index (χ1) is 12.6. The third kappa shape index (κ3) is 4.02. The van der Waals surface area contributed by atoms with Crippen molar-refractivity contribution in [3.05, 3.63) is 65.2 Å². The smallest absolute Gasteiger partial charge is 0.300 e. The van der Waals surface area contributed by atoms with Crippen molar-refractivity contribution in [3.8, 4) is 0 Å². The second-order valence-electron chi connectivity index (χ2n) is 6.18. The van der Waals surface area contributed by atoms with Gasteiger partial charge in [0.15, 0.2) is 5.25 Å². The summed E-state index contributed by atoms with van der Waals surface area (Å²) in [7, 11) is -4.12. The maximum Gasteiger partial charge on any atom is 0.416 e. The molecular weight excluding hydrogens is 381 g/mol. The average molecular weight is 396 g/mol. The molecule has 1 saturated heterocycles. The minimum Gasteiger partial charge on any atom is -0.300 e. The Kier molecular flexibility index (Phi) is 4.81. The summed E-state index contributed by atoms with van der Waals surface area (Å²) < 4.78 is 63.7. The zero-order chi connectivity index (χ0) is 19.8. The summed E-state index contributed by atoms with van der Waals surface area (Å²) in [6.07, 6.45) is -4.92. The van der Waals surface area contributed by atoms with Crippen LogP contribution in [0.4, 0.5) is 18.9 Å². The highest BCUT2D eigenvalue weighted by Gasteiger charge is 2.45. The molecule has 0 aromatic heterocycles. The van der Waals surface area contributed by atoms with Gasteiger partial charge in [0.05, 0.1) is 11.3 Å². The van der Waals surface area contributed by atoms with Crippen LogP contribution in [0.2, 0.25) is 0 Å². The highest BCUT2D eigenvalue weighted by atomic mass is 32.2. The third-order valence-electron chi connectivity index (χ3n) is 4.11. The normalized spacial score (nSPS) is 20.7. The van der Waals surface area contributed by atoms with Gasteiger partial charge in [-0.15, -0.1) is 0 Å². The largest absolute Gasteiger partial charge is 0.416 e. The maximum absolute atomic E-state index is 12.8. The Hall–Kier alpha value is -2.68. The molecule has 1 atom stereocenters. The third-order valence-corrected chi connectivity index (χ3v) is 5.97.